The van der Waals surface area contributed by atoms with E-state index < -0.39 is 0 Å². The molecule has 1 aliphatic rings. The largest absolute Gasteiger partial charge is 0.497 e. The number of rotatable bonds is 4. The number of hydrogen-bond acceptors (Lipinski definition) is 4. The average Bonchev–Trinajstić information content (AvgIpc) is 2.88. The lowest BCUT2D eigenvalue weighted by Crippen LogP contribution is -2.29. The van der Waals surface area contributed by atoms with Gasteiger partial charge in [-0.25, -0.2) is 0 Å². The second-order valence-electron chi connectivity index (χ2n) is 4.28. The molecule has 2 rings (SSSR count). The lowest BCUT2D eigenvalue weighted by atomic mass is 10.2. The van der Waals surface area contributed by atoms with Crippen LogP contribution >= 0.6 is 12.4 Å². The van der Waals surface area contributed by atoms with Gasteiger partial charge in [-0.2, -0.15) is 0 Å². The number of ether oxygens (including phenoxy) is 2. The average molecular weight is 287 g/mol. The highest BCUT2D eigenvalue weighted by Gasteiger charge is 2.29. The van der Waals surface area contributed by atoms with Gasteiger partial charge in [0.1, 0.15) is 11.9 Å². The van der Waals surface area contributed by atoms with Crippen molar-refractivity contribution in [2.75, 3.05) is 19.0 Å². The normalized spacial score (nSPS) is 21.6. The van der Waals surface area contributed by atoms with Crippen molar-refractivity contribution in [3.63, 3.8) is 0 Å². The molecule has 1 aliphatic heterocycles. The summed E-state index contributed by atoms with van der Waals surface area (Å²) >= 11 is 0. The Morgan fingerprint density at radius 2 is 2.11 bits per heavy atom. The zero-order chi connectivity index (χ0) is 13.0. The number of carbonyl (C=O) groups is 1. The van der Waals surface area contributed by atoms with Gasteiger partial charge >= 0.3 is 0 Å². The van der Waals surface area contributed by atoms with Gasteiger partial charge in [-0.15, -0.1) is 12.4 Å². The minimum atomic E-state index is -0.388. The van der Waals surface area contributed by atoms with E-state index in [1.165, 1.54) is 0 Å². The van der Waals surface area contributed by atoms with E-state index in [9.17, 15) is 4.79 Å². The predicted octanol–water partition coefficient (Wildman–Crippen LogP) is 1.56. The molecule has 0 unspecified atom stereocenters. The summed E-state index contributed by atoms with van der Waals surface area (Å²) in [6.07, 6.45) is 1.19. The third kappa shape index (κ3) is 4.09. The molecule has 0 radical (unpaired) electrons. The lowest BCUT2D eigenvalue weighted by Gasteiger charge is -2.12. The monoisotopic (exact) mass is 286 g/mol. The van der Waals surface area contributed by atoms with Crippen molar-refractivity contribution in [2.24, 2.45) is 5.73 Å². The first-order valence-electron chi connectivity index (χ1n) is 6.03. The Bertz CT molecular complexity index is 411. The predicted molar refractivity (Wildman–Crippen MR) is 75.8 cm³/mol. The molecule has 0 saturated carbocycles. The molecule has 0 aliphatic carbocycles. The van der Waals surface area contributed by atoms with E-state index in [1.54, 1.807) is 31.4 Å². The molecule has 0 spiro atoms. The van der Waals surface area contributed by atoms with Crippen LogP contribution in [0.2, 0.25) is 0 Å². The number of nitrogens with two attached hydrogens (primary N) is 1. The molecule has 1 aromatic rings. The molecule has 5 nitrogen and oxygen atoms in total. The van der Waals surface area contributed by atoms with Crippen molar-refractivity contribution in [2.45, 2.75) is 25.0 Å². The molecule has 3 N–H and O–H groups in total. The number of amides is 1. The molecular formula is C13H19ClN2O3. The summed E-state index contributed by atoms with van der Waals surface area (Å²) in [6.45, 7) is 0.465. The highest BCUT2D eigenvalue weighted by atomic mass is 35.5. The summed E-state index contributed by atoms with van der Waals surface area (Å²) in [5.41, 5.74) is 6.25. The number of hydrogen-bond donors (Lipinski definition) is 2. The van der Waals surface area contributed by atoms with Crippen molar-refractivity contribution >= 4 is 24.0 Å². The van der Waals surface area contributed by atoms with Crippen LogP contribution in [0.25, 0.3) is 0 Å². The third-order valence-corrected chi connectivity index (χ3v) is 3.02. The first-order valence-corrected chi connectivity index (χ1v) is 6.03. The zero-order valence-corrected chi connectivity index (χ0v) is 11.6. The van der Waals surface area contributed by atoms with E-state index >= 15 is 0 Å². The van der Waals surface area contributed by atoms with Gasteiger partial charge in [0.05, 0.1) is 13.2 Å². The van der Waals surface area contributed by atoms with E-state index in [2.05, 4.69) is 5.32 Å². The maximum absolute atomic E-state index is 11.9. The molecular weight excluding hydrogens is 268 g/mol. The van der Waals surface area contributed by atoms with Crippen molar-refractivity contribution in [1.82, 2.24) is 0 Å². The number of methoxy groups -OCH3 is 1. The van der Waals surface area contributed by atoms with Gasteiger partial charge in [0.2, 0.25) is 0 Å². The third-order valence-electron chi connectivity index (χ3n) is 3.02. The first kappa shape index (κ1) is 15.8. The summed E-state index contributed by atoms with van der Waals surface area (Å²) in [5.74, 6) is 0.643. The van der Waals surface area contributed by atoms with Crippen molar-refractivity contribution < 1.29 is 14.3 Å². The van der Waals surface area contributed by atoms with Gasteiger partial charge in [-0.1, -0.05) is 0 Å². The van der Waals surface area contributed by atoms with Crippen molar-refractivity contribution in [3.05, 3.63) is 24.3 Å². The van der Waals surface area contributed by atoms with Crippen LogP contribution in [0.5, 0.6) is 5.75 Å². The van der Waals surface area contributed by atoms with E-state index in [1.807, 2.05) is 0 Å². The SMILES string of the molecule is COc1ccc(NC(=O)[C@@H]2CC[C@H](CN)O2)cc1.Cl. The Hall–Kier alpha value is -1.30. The Labute approximate surface area is 118 Å². The molecule has 106 valence electrons. The van der Waals surface area contributed by atoms with Crippen LogP contribution in [0.3, 0.4) is 0 Å². The maximum Gasteiger partial charge on any atom is 0.253 e. The molecule has 1 saturated heterocycles. The molecule has 0 bridgehead atoms. The molecule has 0 aromatic heterocycles. The Balaban J connectivity index is 0.00000180. The van der Waals surface area contributed by atoms with Crippen molar-refractivity contribution in [3.8, 4) is 5.75 Å². The van der Waals surface area contributed by atoms with Crippen LogP contribution in [0.4, 0.5) is 5.69 Å². The Morgan fingerprint density at radius 3 is 2.63 bits per heavy atom. The van der Waals surface area contributed by atoms with E-state index in [0.717, 1.165) is 24.3 Å². The fraction of sp³-hybridized carbons (Fsp3) is 0.462. The van der Waals surface area contributed by atoms with Crippen LogP contribution in [0.15, 0.2) is 24.3 Å². The number of carbonyl (C=O) groups excluding carboxylic acids is 1. The number of halogens is 1. The molecule has 1 fully saturated rings. The quantitative estimate of drug-likeness (QED) is 0.881. The maximum atomic E-state index is 11.9. The van der Waals surface area contributed by atoms with Gasteiger partial charge in [0, 0.05) is 12.2 Å². The summed E-state index contributed by atoms with van der Waals surface area (Å²) in [5, 5.41) is 2.82. The summed E-state index contributed by atoms with van der Waals surface area (Å²) in [7, 11) is 1.60. The standard InChI is InChI=1S/C13H18N2O3.ClH/c1-17-10-4-2-9(3-5-10)15-13(16)12-7-6-11(8-14)18-12;/h2-5,11-12H,6-8,14H2,1H3,(H,15,16);1H/t11-,12+;/m1./s1. The van der Waals surface area contributed by atoms with Crippen molar-refractivity contribution in [1.29, 1.82) is 0 Å². The second kappa shape index (κ2) is 7.33. The molecule has 6 heteroatoms. The summed E-state index contributed by atoms with van der Waals surface area (Å²) < 4.78 is 10.6. The number of benzene rings is 1. The fourth-order valence-electron chi connectivity index (χ4n) is 1.97. The van der Waals surface area contributed by atoms with Crippen LogP contribution in [0.1, 0.15) is 12.8 Å². The summed E-state index contributed by atoms with van der Waals surface area (Å²) in [6, 6.07) is 7.19. The van der Waals surface area contributed by atoms with Gasteiger partial charge < -0.3 is 20.5 Å². The lowest BCUT2D eigenvalue weighted by molar-refractivity contribution is -0.126. The molecule has 2 atom stereocenters. The smallest absolute Gasteiger partial charge is 0.253 e. The van der Waals surface area contributed by atoms with Gasteiger partial charge in [-0.05, 0) is 37.1 Å². The topological polar surface area (TPSA) is 73.6 Å². The highest BCUT2D eigenvalue weighted by molar-refractivity contribution is 5.94. The van der Waals surface area contributed by atoms with Crippen LogP contribution in [-0.2, 0) is 9.53 Å². The minimum absolute atomic E-state index is 0. The van der Waals surface area contributed by atoms with Gasteiger partial charge in [0.15, 0.2) is 0 Å². The summed E-state index contributed by atoms with van der Waals surface area (Å²) in [4.78, 5) is 11.9. The van der Waals surface area contributed by atoms with E-state index in [0.29, 0.717) is 6.54 Å². The van der Waals surface area contributed by atoms with E-state index in [4.69, 9.17) is 15.2 Å². The van der Waals surface area contributed by atoms with Crippen LogP contribution in [0, 0.1) is 0 Å². The molecule has 1 aromatic carbocycles. The first-order chi connectivity index (χ1) is 8.72. The fourth-order valence-corrected chi connectivity index (χ4v) is 1.97. The second-order valence-corrected chi connectivity index (χ2v) is 4.28. The molecule has 19 heavy (non-hydrogen) atoms. The minimum Gasteiger partial charge on any atom is -0.497 e. The van der Waals surface area contributed by atoms with Crippen LogP contribution < -0.4 is 15.8 Å². The van der Waals surface area contributed by atoms with E-state index in [-0.39, 0.29) is 30.5 Å². The van der Waals surface area contributed by atoms with Gasteiger partial charge in [-0.3, -0.25) is 4.79 Å². The molecule has 1 heterocycles. The highest BCUT2D eigenvalue weighted by Crippen LogP contribution is 2.21. The molecule has 1 amide bonds. The van der Waals surface area contributed by atoms with Crippen LogP contribution in [-0.4, -0.2) is 31.8 Å². The number of anilines is 1. The number of nitrogens with one attached hydrogen (secondary N) is 1. The Kier molecular flexibility index (Phi) is 6.08. The Morgan fingerprint density at radius 1 is 1.42 bits per heavy atom. The zero-order valence-electron chi connectivity index (χ0n) is 10.8. The van der Waals surface area contributed by atoms with Gasteiger partial charge in [0.25, 0.3) is 5.91 Å².